The van der Waals surface area contributed by atoms with Crippen molar-refractivity contribution in [1.82, 2.24) is 0 Å². The van der Waals surface area contributed by atoms with Crippen molar-refractivity contribution in [3.05, 3.63) is 12.2 Å². The van der Waals surface area contributed by atoms with E-state index in [1.165, 1.54) is 0 Å². The molecule has 0 spiro atoms. The number of hydrogen-bond acceptors (Lipinski definition) is 7. The van der Waals surface area contributed by atoms with Crippen LogP contribution in [0.5, 0.6) is 0 Å². The fourth-order valence-corrected chi connectivity index (χ4v) is 2.67. The van der Waals surface area contributed by atoms with Gasteiger partial charge in [0, 0.05) is 5.92 Å². The molecule has 5 atom stereocenters. The highest BCUT2D eigenvalue weighted by atomic mass is 17.1. The Morgan fingerprint density at radius 2 is 1.91 bits per heavy atom. The molecule has 2 aliphatic heterocycles. The van der Waals surface area contributed by atoms with Gasteiger partial charge in [-0.05, 0) is 6.42 Å². The van der Waals surface area contributed by atoms with E-state index in [4.69, 9.17) is 19.5 Å². The molecule has 0 radical (unpaired) electrons. The molecule has 2 bridgehead atoms. The number of carbonyl (C=O) groups is 2. The van der Waals surface area contributed by atoms with E-state index in [2.05, 4.69) is 4.89 Å². The normalized spacial score (nSPS) is 30.3. The standard InChI is InChI=1S/C15H22O7/c1-3-9(2)14(16)19-6-7-20-15(17)13-10(8-21-18)11-4-5-12(13)22-11/h4-5,9-13,18H,3,6-8H2,1-2H3. The van der Waals surface area contributed by atoms with Crippen LogP contribution < -0.4 is 0 Å². The minimum atomic E-state index is -0.507. The Balaban J connectivity index is 1.75. The van der Waals surface area contributed by atoms with Gasteiger partial charge in [-0.1, -0.05) is 26.0 Å². The summed E-state index contributed by atoms with van der Waals surface area (Å²) in [6.45, 7) is 3.73. The van der Waals surface area contributed by atoms with E-state index in [0.29, 0.717) is 6.42 Å². The van der Waals surface area contributed by atoms with Gasteiger partial charge in [0.2, 0.25) is 0 Å². The Bertz CT molecular complexity index is 434. The number of ether oxygens (including phenoxy) is 3. The summed E-state index contributed by atoms with van der Waals surface area (Å²) in [6, 6.07) is 0. The zero-order valence-electron chi connectivity index (χ0n) is 12.8. The number of rotatable bonds is 8. The molecule has 0 aromatic heterocycles. The van der Waals surface area contributed by atoms with Crippen molar-refractivity contribution in [2.75, 3.05) is 19.8 Å². The van der Waals surface area contributed by atoms with Crippen molar-refractivity contribution in [2.24, 2.45) is 17.8 Å². The summed E-state index contributed by atoms with van der Waals surface area (Å²) in [4.78, 5) is 27.8. The smallest absolute Gasteiger partial charge is 0.312 e. The maximum absolute atomic E-state index is 12.1. The van der Waals surface area contributed by atoms with Crippen molar-refractivity contribution in [3.8, 4) is 0 Å². The quantitative estimate of drug-likeness (QED) is 0.236. The molecule has 0 aliphatic carbocycles. The van der Waals surface area contributed by atoms with E-state index in [0.717, 1.165) is 0 Å². The second-order valence-electron chi connectivity index (χ2n) is 5.58. The van der Waals surface area contributed by atoms with Crippen molar-refractivity contribution >= 4 is 11.9 Å². The second-order valence-corrected chi connectivity index (χ2v) is 5.58. The highest BCUT2D eigenvalue weighted by molar-refractivity contribution is 5.75. The lowest BCUT2D eigenvalue weighted by atomic mass is 9.83. The van der Waals surface area contributed by atoms with Crippen LogP contribution in [0.25, 0.3) is 0 Å². The Morgan fingerprint density at radius 3 is 2.59 bits per heavy atom. The van der Waals surface area contributed by atoms with Crippen molar-refractivity contribution in [2.45, 2.75) is 32.5 Å². The maximum atomic E-state index is 12.1. The van der Waals surface area contributed by atoms with Gasteiger partial charge in [-0.15, -0.1) is 0 Å². The topological polar surface area (TPSA) is 91.3 Å². The summed E-state index contributed by atoms with van der Waals surface area (Å²) in [5, 5.41) is 8.62. The molecule has 2 heterocycles. The van der Waals surface area contributed by atoms with Crippen LogP contribution in [0, 0.1) is 17.8 Å². The lowest BCUT2D eigenvalue weighted by molar-refractivity contribution is -0.254. The van der Waals surface area contributed by atoms with Gasteiger partial charge in [0.25, 0.3) is 0 Å². The predicted molar refractivity (Wildman–Crippen MR) is 74.7 cm³/mol. The molecule has 7 heteroatoms. The second kappa shape index (κ2) is 7.71. The summed E-state index contributed by atoms with van der Waals surface area (Å²) < 4.78 is 15.7. The summed E-state index contributed by atoms with van der Waals surface area (Å²) in [7, 11) is 0. The molecule has 0 amide bonds. The molecule has 5 unspecified atom stereocenters. The van der Waals surface area contributed by atoms with Crippen LogP contribution in [-0.2, 0) is 28.7 Å². The highest BCUT2D eigenvalue weighted by Crippen LogP contribution is 2.39. The maximum Gasteiger partial charge on any atom is 0.312 e. The number of carbonyl (C=O) groups excluding carboxylic acids is 2. The molecule has 0 aromatic carbocycles. The largest absolute Gasteiger partial charge is 0.462 e. The monoisotopic (exact) mass is 314 g/mol. The van der Waals surface area contributed by atoms with Crippen LogP contribution in [0.4, 0.5) is 0 Å². The van der Waals surface area contributed by atoms with Crippen LogP contribution in [0.2, 0.25) is 0 Å². The molecule has 2 aliphatic rings. The molecular formula is C15H22O7. The third-order valence-corrected chi connectivity index (χ3v) is 4.17. The summed E-state index contributed by atoms with van der Waals surface area (Å²) in [6.07, 6.45) is 3.79. The number of esters is 2. The summed E-state index contributed by atoms with van der Waals surface area (Å²) >= 11 is 0. The fourth-order valence-electron chi connectivity index (χ4n) is 2.67. The van der Waals surface area contributed by atoms with Crippen LogP contribution >= 0.6 is 0 Å². The predicted octanol–water partition coefficient (Wildman–Crippen LogP) is 1.18. The Kier molecular flexibility index (Phi) is 5.93. The van der Waals surface area contributed by atoms with Crippen LogP contribution in [0.1, 0.15) is 20.3 Å². The van der Waals surface area contributed by atoms with E-state index in [-0.39, 0.29) is 49.8 Å². The van der Waals surface area contributed by atoms with Crippen molar-refractivity contribution in [3.63, 3.8) is 0 Å². The summed E-state index contributed by atoms with van der Waals surface area (Å²) in [5.41, 5.74) is 0. The average molecular weight is 314 g/mol. The molecule has 22 heavy (non-hydrogen) atoms. The Hall–Kier alpha value is -1.44. The van der Waals surface area contributed by atoms with E-state index < -0.39 is 11.9 Å². The first kappa shape index (κ1) is 16.9. The summed E-state index contributed by atoms with van der Waals surface area (Å²) in [5.74, 6) is -1.66. The molecular weight excluding hydrogens is 292 g/mol. The minimum absolute atomic E-state index is 0.00527. The minimum Gasteiger partial charge on any atom is -0.462 e. The number of fused-ring (bicyclic) bond motifs is 2. The molecule has 1 fully saturated rings. The van der Waals surface area contributed by atoms with Crippen LogP contribution in [0.3, 0.4) is 0 Å². The molecule has 124 valence electrons. The first-order chi connectivity index (χ1) is 10.6. The molecule has 0 saturated carbocycles. The zero-order chi connectivity index (χ0) is 16.1. The van der Waals surface area contributed by atoms with Gasteiger partial charge in [0.15, 0.2) is 0 Å². The van der Waals surface area contributed by atoms with E-state index in [9.17, 15) is 9.59 Å². The molecule has 2 rings (SSSR count). The first-order valence-electron chi connectivity index (χ1n) is 7.51. The Labute approximate surface area is 129 Å². The highest BCUT2D eigenvalue weighted by Gasteiger charge is 2.50. The van der Waals surface area contributed by atoms with Gasteiger partial charge in [-0.3, -0.25) is 14.8 Å². The molecule has 0 aromatic rings. The van der Waals surface area contributed by atoms with E-state index in [1.807, 2.05) is 19.1 Å². The fraction of sp³-hybridized carbons (Fsp3) is 0.733. The SMILES string of the molecule is CCC(C)C(=O)OCCOC(=O)C1C2C=CC(O2)C1COO. The number of hydrogen-bond donors (Lipinski definition) is 1. The first-order valence-corrected chi connectivity index (χ1v) is 7.51. The molecule has 1 saturated heterocycles. The molecule has 1 N–H and O–H groups in total. The lowest BCUT2D eigenvalue weighted by Gasteiger charge is -2.22. The van der Waals surface area contributed by atoms with Gasteiger partial charge >= 0.3 is 11.9 Å². The third-order valence-electron chi connectivity index (χ3n) is 4.17. The third kappa shape index (κ3) is 3.66. The Morgan fingerprint density at radius 1 is 1.23 bits per heavy atom. The van der Waals surface area contributed by atoms with Gasteiger partial charge < -0.3 is 14.2 Å². The van der Waals surface area contributed by atoms with Crippen molar-refractivity contribution in [1.29, 1.82) is 0 Å². The van der Waals surface area contributed by atoms with Gasteiger partial charge in [-0.2, -0.15) is 0 Å². The molecule has 7 nitrogen and oxygen atoms in total. The van der Waals surface area contributed by atoms with Crippen LogP contribution in [-0.4, -0.2) is 49.2 Å². The van der Waals surface area contributed by atoms with Gasteiger partial charge in [0.1, 0.15) is 13.2 Å². The zero-order valence-corrected chi connectivity index (χ0v) is 12.8. The van der Waals surface area contributed by atoms with Gasteiger partial charge in [-0.25, -0.2) is 4.89 Å². The van der Waals surface area contributed by atoms with E-state index in [1.54, 1.807) is 6.92 Å². The van der Waals surface area contributed by atoms with Gasteiger partial charge in [0.05, 0.1) is 30.7 Å². The lowest BCUT2D eigenvalue weighted by Crippen LogP contribution is -2.35. The average Bonchev–Trinajstić information content (AvgIpc) is 3.11. The van der Waals surface area contributed by atoms with E-state index >= 15 is 0 Å². The van der Waals surface area contributed by atoms with Crippen molar-refractivity contribution < 1.29 is 33.9 Å². The van der Waals surface area contributed by atoms with Crippen LogP contribution in [0.15, 0.2) is 12.2 Å².